The minimum atomic E-state index is -4.50. The topological polar surface area (TPSA) is 59.8 Å². The number of anilines is 1. The molecule has 6 aromatic rings. The van der Waals surface area contributed by atoms with Crippen LogP contribution in [0.2, 0.25) is 5.04 Å². The predicted molar refractivity (Wildman–Crippen MR) is 254 cm³/mol. The third-order valence-corrected chi connectivity index (χ3v) is 17.5. The van der Waals surface area contributed by atoms with Crippen molar-refractivity contribution < 1.29 is 27.1 Å². The second-order valence-corrected chi connectivity index (χ2v) is 24.0. The van der Waals surface area contributed by atoms with Crippen molar-refractivity contribution in [3.63, 3.8) is 0 Å². The lowest BCUT2D eigenvalue weighted by Crippen LogP contribution is -2.67. The third kappa shape index (κ3) is 10.2. The van der Waals surface area contributed by atoms with Gasteiger partial charge in [-0.15, -0.1) is 0 Å². The van der Waals surface area contributed by atoms with Crippen LogP contribution in [0.3, 0.4) is 0 Å². The molecule has 0 aliphatic carbocycles. The van der Waals surface area contributed by atoms with Crippen molar-refractivity contribution in [3.05, 3.63) is 143 Å². The first kappa shape index (κ1) is 46.1. The number of hydrogen-bond acceptors (Lipinski definition) is 5. The molecule has 3 heterocycles. The fraction of sp³-hybridized carbons (Fsp3) is 0.373. The van der Waals surface area contributed by atoms with Crippen LogP contribution in [-0.4, -0.2) is 67.8 Å². The molecular formula is C51H58BrF3N4O3Si. The standard InChI is InChI=1S/C51H58BrF3N4O3Si/c1-36(2)46-43(30-39(32-56-46)57-25-27-58(28-26-57)48(60)61-33-37-17-11-8-12-18-37)47-44(42-29-38(52)23-24-45(42)59(47)34-51(53,54)55)31-50(6,7)35-62-63(49(3,4)5,40-19-13-9-14-20-40)41-21-15-10-16-22-41/h8-24,29-30,32,36H,25-28,31,33-35H2,1-7H3. The van der Waals surface area contributed by atoms with Crippen molar-refractivity contribution in [2.75, 3.05) is 37.7 Å². The summed E-state index contributed by atoms with van der Waals surface area (Å²) in [6.45, 7) is 16.4. The number of hydrogen-bond donors (Lipinski definition) is 0. The highest BCUT2D eigenvalue weighted by Crippen LogP contribution is 2.44. The molecule has 4 aromatic carbocycles. The summed E-state index contributed by atoms with van der Waals surface area (Å²) in [4.78, 5) is 21.9. The van der Waals surface area contributed by atoms with Gasteiger partial charge in [0.1, 0.15) is 13.2 Å². The Kier molecular flexibility index (Phi) is 13.7. The number of rotatable bonds is 13. The first-order valence-corrected chi connectivity index (χ1v) is 24.4. The number of alkyl halides is 3. The number of halogens is 4. The molecule has 0 spiro atoms. The Labute approximate surface area is 379 Å². The maximum Gasteiger partial charge on any atom is 0.410 e. The van der Waals surface area contributed by atoms with E-state index in [-0.39, 0.29) is 23.7 Å². The highest BCUT2D eigenvalue weighted by molar-refractivity contribution is 9.10. The van der Waals surface area contributed by atoms with E-state index in [0.717, 1.165) is 32.4 Å². The Morgan fingerprint density at radius 1 is 0.810 bits per heavy atom. The molecule has 0 unspecified atom stereocenters. The van der Waals surface area contributed by atoms with Crippen LogP contribution in [0.25, 0.3) is 22.2 Å². The van der Waals surface area contributed by atoms with Gasteiger partial charge in [-0.05, 0) is 68.6 Å². The second kappa shape index (κ2) is 18.7. The largest absolute Gasteiger partial charge is 0.445 e. The average Bonchev–Trinajstić information content (AvgIpc) is 3.52. The minimum Gasteiger partial charge on any atom is -0.445 e. The smallest absolute Gasteiger partial charge is 0.410 e. The molecule has 1 saturated heterocycles. The van der Waals surface area contributed by atoms with Gasteiger partial charge in [-0.25, -0.2) is 4.79 Å². The van der Waals surface area contributed by atoms with E-state index in [1.807, 2.05) is 80.7 Å². The zero-order valence-corrected chi connectivity index (χ0v) is 39.9. The van der Waals surface area contributed by atoms with E-state index < -0.39 is 26.5 Å². The van der Waals surface area contributed by atoms with E-state index in [1.165, 1.54) is 14.9 Å². The lowest BCUT2D eigenvalue weighted by atomic mass is 9.84. The van der Waals surface area contributed by atoms with E-state index >= 15 is 0 Å². The van der Waals surface area contributed by atoms with Gasteiger partial charge in [-0.2, -0.15) is 13.2 Å². The number of amides is 1. The molecule has 2 aromatic heterocycles. The van der Waals surface area contributed by atoms with Crippen LogP contribution in [0.15, 0.2) is 126 Å². The van der Waals surface area contributed by atoms with Crippen LogP contribution in [0.1, 0.15) is 71.2 Å². The van der Waals surface area contributed by atoms with Gasteiger partial charge in [0.2, 0.25) is 0 Å². The highest BCUT2D eigenvalue weighted by atomic mass is 79.9. The number of pyridine rings is 1. The fourth-order valence-corrected chi connectivity index (χ4v) is 14.2. The van der Waals surface area contributed by atoms with Crippen molar-refractivity contribution in [3.8, 4) is 11.3 Å². The molecule has 63 heavy (non-hydrogen) atoms. The fourth-order valence-electron chi connectivity index (χ4n) is 9.07. The molecule has 0 saturated carbocycles. The Balaban J connectivity index is 1.28. The van der Waals surface area contributed by atoms with Gasteiger partial charge in [0, 0.05) is 53.7 Å². The molecule has 1 aliphatic rings. The maximum atomic E-state index is 14.8. The van der Waals surface area contributed by atoms with Gasteiger partial charge >= 0.3 is 12.3 Å². The molecule has 7 rings (SSSR count). The van der Waals surface area contributed by atoms with E-state index in [4.69, 9.17) is 14.1 Å². The third-order valence-electron chi connectivity index (χ3n) is 12.0. The van der Waals surface area contributed by atoms with E-state index in [0.29, 0.717) is 56.0 Å². The summed E-state index contributed by atoms with van der Waals surface area (Å²) >= 11 is 3.66. The normalized spacial score (nSPS) is 14.2. The number of fused-ring (bicyclic) bond motifs is 1. The van der Waals surface area contributed by atoms with Gasteiger partial charge in [-0.3, -0.25) is 4.98 Å². The van der Waals surface area contributed by atoms with Gasteiger partial charge < -0.3 is 23.5 Å². The summed E-state index contributed by atoms with van der Waals surface area (Å²) in [6.07, 6.45) is -2.62. The van der Waals surface area contributed by atoms with Crippen LogP contribution in [-0.2, 0) is 28.7 Å². The number of piperazine rings is 1. The summed E-state index contributed by atoms with van der Waals surface area (Å²) in [5, 5.41) is 2.84. The quantitative estimate of drug-likeness (QED) is 0.108. The Bertz CT molecular complexity index is 2460. The molecule has 7 nitrogen and oxygen atoms in total. The molecule has 0 atom stereocenters. The van der Waals surface area contributed by atoms with E-state index in [2.05, 4.69) is 104 Å². The zero-order valence-electron chi connectivity index (χ0n) is 37.3. The molecule has 1 aliphatic heterocycles. The summed E-state index contributed by atoms with van der Waals surface area (Å²) < 4.78 is 59.9. The van der Waals surface area contributed by atoms with Gasteiger partial charge in [0.15, 0.2) is 0 Å². The minimum absolute atomic E-state index is 0.0892. The van der Waals surface area contributed by atoms with Crippen molar-refractivity contribution in [2.24, 2.45) is 5.41 Å². The monoisotopic (exact) mass is 938 g/mol. The van der Waals surface area contributed by atoms with Gasteiger partial charge in [0.25, 0.3) is 8.32 Å². The average molecular weight is 940 g/mol. The van der Waals surface area contributed by atoms with Crippen molar-refractivity contribution in [1.82, 2.24) is 14.5 Å². The van der Waals surface area contributed by atoms with Crippen LogP contribution < -0.4 is 15.3 Å². The van der Waals surface area contributed by atoms with E-state index in [1.54, 1.807) is 11.0 Å². The molecule has 332 valence electrons. The van der Waals surface area contributed by atoms with Crippen molar-refractivity contribution in [1.29, 1.82) is 0 Å². The number of carbonyl (C=O) groups is 1. The lowest BCUT2D eigenvalue weighted by molar-refractivity contribution is -0.139. The molecule has 0 N–H and O–H groups in total. The molecule has 0 radical (unpaired) electrons. The SMILES string of the molecule is CC(C)c1ncc(N2CCN(C(=O)OCc3ccccc3)CC2)cc1-c1c(CC(C)(C)CO[Si](c2ccccc2)(c2ccccc2)C(C)(C)C)c2cc(Br)ccc2n1CC(F)(F)F. The second-order valence-electron chi connectivity index (χ2n) is 18.8. The van der Waals surface area contributed by atoms with Crippen LogP contribution >= 0.6 is 15.9 Å². The summed E-state index contributed by atoms with van der Waals surface area (Å²) in [7, 11) is -2.94. The summed E-state index contributed by atoms with van der Waals surface area (Å²) in [5.41, 5.74) is 4.40. The number of nitrogens with zero attached hydrogens (tertiary/aromatic N) is 4. The summed E-state index contributed by atoms with van der Waals surface area (Å²) in [6, 6.07) is 38.1. The molecule has 0 bridgehead atoms. The first-order valence-electron chi connectivity index (χ1n) is 21.7. The highest BCUT2D eigenvalue weighted by Gasteiger charge is 2.51. The molecule has 12 heteroatoms. The molecular weight excluding hydrogens is 882 g/mol. The molecule has 1 amide bonds. The Hall–Kier alpha value is -4.91. The number of carbonyl (C=O) groups excluding carboxylic acids is 1. The van der Waals surface area contributed by atoms with Crippen molar-refractivity contribution >= 4 is 57.3 Å². The molecule has 1 fully saturated rings. The van der Waals surface area contributed by atoms with Crippen LogP contribution in [0, 0.1) is 5.41 Å². The zero-order chi connectivity index (χ0) is 45.2. The number of benzene rings is 4. The van der Waals surface area contributed by atoms with Crippen molar-refractivity contribution in [2.45, 2.75) is 85.2 Å². The Morgan fingerprint density at radius 2 is 1.40 bits per heavy atom. The van der Waals surface area contributed by atoms with Gasteiger partial charge in [-0.1, -0.05) is 155 Å². The summed E-state index contributed by atoms with van der Waals surface area (Å²) in [5.74, 6) is -0.0892. The van der Waals surface area contributed by atoms with E-state index in [9.17, 15) is 18.0 Å². The van der Waals surface area contributed by atoms with Crippen LogP contribution in [0.4, 0.5) is 23.7 Å². The number of aromatic nitrogens is 2. The first-order chi connectivity index (χ1) is 29.9. The van der Waals surface area contributed by atoms with Gasteiger partial charge in [0.05, 0.1) is 23.3 Å². The number of ether oxygens (including phenoxy) is 1. The maximum absolute atomic E-state index is 14.8. The predicted octanol–water partition coefficient (Wildman–Crippen LogP) is 11.8. The van der Waals surface area contributed by atoms with Crippen LogP contribution in [0.5, 0.6) is 0 Å². The lowest BCUT2D eigenvalue weighted by Gasteiger charge is -2.44. The Morgan fingerprint density at radius 3 is 1.95 bits per heavy atom.